The fourth-order valence-electron chi connectivity index (χ4n) is 2.48. The van der Waals surface area contributed by atoms with Crippen molar-refractivity contribution in [1.29, 1.82) is 0 Å². The van der Waals surface area contributed by atoms with Gasteiger partial charge in [0.1, 0.15) is 5.69 Å². The lowest BCUT2D eigenvalue weighted by atomic mass is 10.1. The SMILES string of the molecule is OC1CCN(Cc2cc(-c3ccc(F)c(F)c3)no2)CC1. The topological polar surface area (TPSA) is 49.5 Å². The van der Waals surface area contributed by atoms with E-state index < -0.39 is 11.6 Å². The average molecular weight is 294 g/mol. The van der Waals surface area contributed by atoms with Crippen LogP contribution in [0.15, 0.2) is 28.8 Å². The molecule has 0 unspecified atom stereocenters. The van der Waals surface area contributed by atoms with Gasteiger partial charge in [-0.1, -0.05) is 5.16 Å². The van der Waals surface area contributed by atoms with E-state index in [-0.39, 0.29) is 6.10 Å². The highest BCUT2D eigenvalue weighted by Crippen LogP contribution is 2.22. The van der Waals surface area contributed by atoms with Gasteiger partial charge < -0.3 is 9.63 Å². The van der Waals surface area contributed by atoms with Gasteiger partial charge in [0.05, 0.1) is 12.6 Å². The highest BCUT2D eigenvalue weighted by molar-refractivity contribution is 5.58. The molecule has 0 bridgehead atoms. The van der Waals surface area contributed by atoms with Gasteiger partial charge in [0, 0.05) is 24.7 Å². The molecule has 1 aliphatic rings. The van der Waals surface area contributed by atoms with Crippen LogP contribution < -0.4 is 0 Å². The van der Waals surface area contributed by atoms with Gasteiger partial charge in [-0.25, -0.2) is 8.78 Å². The van der Waals surface area contributed by atoms with Gasteiger partial charge in [-0.3, -0.25) is 4.90 Å². The van der Waals surface area contributed by atoms with Gasteiger partial charge in [-0.15, -0.1) is 0 Å². The van der Waals surface area contributed by atoms with Crippen molar-refractivity contribution in [3.8, 4) is 11.3 Å². The summed E-state index contributed by atoms with van der Waals surface area (Å²) in [6, 6.07) is 5.38. The summed E-state index contributed by atoms with van der Waals surface area (Å²) in [5.41, 5.74) is 0.971. The molecule has 1 aliphatic heterocycles. The molecule has 1 N–H and O–H groups in total. The summed E-state index contributed by atoms with van der Waals surface area (Å²) in [4.78, 5) is 2.17. The van der Waals surface area contributed by atoms with Crippen molar-refractivity contribution in [2.45, 2.75) is 25.5 Å². The molecule has 6 heteroatoms. The minimum Gasteiger partial charge on any atom is -0.393 e. The number of piperidine rings is 1. The van der Waals surface area contributed by atoms with Crippen molar-refractivity contribution in [3.63, 3.8) is 0 Å². The molecule has 1 aromatic heterocycles. The molecule has 0 aliphatic carbocycles. The van der Waals surface area contributed by atoms with Crippen molar-refractivity contribution in [1.82, 2.24) is 10.1 Å². The zero-order valence-electron chi connectivity index (χ0n) is 11.4. The van der Waals surface area contributed by atoms with Crippen LogP contribution in [0, 0.1) is 11.6 Å². The summed E-state index contributed by atoms with van der Waals surface area (Å²) in [5.74, 6) is -1.11. The second-order valence-corrected chi connectivity index (χ2v) is 5.31. The quantitative estimate of drug-likeness (QED) is 0.945. The Labute approximate surface area is 121 Å². The summed E-state index contributed by atoms with van der Waals surface area (Å²) in [6.45, 7) is 2.22. The molecule has 2 aromatic rings. The fraction of sp³-hybridized carbons (Fsp3) is 0.400. The summed E-state index contributed by atoms with van der Waals surface area (Å²) < 4.78 is 31.4. The third kappa shape index (κ3) is 3.28. The van der Waals surface area contributed by atoms with Crippen molar-refractivity contribution in [2.24, 2.45) is 0 Å². The number of aromatic nitrogens is 1. The number of aliphatic hydroxyl groups excluding tert-OH is 1. The Hall–Kier alpha value is -1.79. The van der Waals surface area contributed by atoms with Crippen LogP contribution in [0.3, 0.4) is 0 Å². The van der Waals surface area contributed by atoms with E-state index in [9.17, 15) is 13.9 Å². The lowest BCUT2D eigenvalue weighted by molar-refractivity contribution is 0.0749. The number of nitrogens with zero attached hydrogens (tertiary/aromatic N) is 2. The maximum absolute atomic E-state index is 13.2. The van der Waals surface area contributed by atoms with Gasteiger partial charge in [0.15, 0.2) is 17.4 Å². The highest BCUT2D eigenvalue weighted by atomic mass is 19.2. The number of hydrogen-bond acceptors (Lipinski definition) is 4. The average Bonchev–Trinajstić information content (AvgIpc) is 2.93. The molecule has 0 saturated carbocycles. The van der Waals surface area contributed by atoms with Gasteiger partial charge in [-0.05, 0) is 31.0 Å². The zero-order valence-corrected chi connectivity index (χ0v) is 11.4. The molecule has 2 heterocycles. The summed E-state index contributed by atoms with van der Waals surface area (Å²) in [6.07, 6.45) is 1.29. The van der Waals surface area contributed by atoms with E-state index in [2.05, 4.69) is 10.1 Å². The Balaban J connectivity index is 1.69. The summed E-state index contributed by atoms with van der Waals surface area (Å²) >= 11 is 0. The smallest absolute Gasteiger partial charge is 0.159 e. The first-order valence-corrected chi connectivity index (χ1v) is 6.93. The molecule has 21 heavy (non-hydrogen) atoms. The second-order valence-electron chi connectivity index (χ2n) is 5.31. The maximum Gasteiger partial charge on any atom is 0.159 e. The van der Waals surface area contributed by atoms with Crippen molar-refractivity contribution >= 4 is 0 Å². The van der Waals surface area contributed by atoms with E-state index in [0.29, 0.717) is 23.6 Å². The maximum atomic E-state index is 13.2. The van der Waals surface area contributed by atoms with Crippen molar-refractivity contribution in [2.75, 3.05) is 13.1 Å². The zero-order chi connectivity index (χ0) is 14.8. The molecule has 4 nitrogen and oxygen atoms in total. The van der Waals surface area contributed by atoms with Crippen LogP contribution in [0.4, 0.5) is 8.78 Å². The first kappa shape index (κ1) is 14.2. The third-order valence-electron chi connectivity index (χ3n) is 3.71. The Kier molecular flexibility index (Phi) is 3.98. The number of rotatable bonds is 3. The molecule has 3 rings (SSSR count). The molecule has 1 aromatic carbocycles. The molecule has 0 radical (unpaired) electrons. The molecular weight excluding hydrogens is 278 g/mol. The third-order valence-corrected chi connectivity index (χ3v) is 3.71. The molecule has 0 amide bonds. The van der Waals surface area contributed by atoms with E-state index in [4.69, 9.17) is 4.52 Å². The lowest BCUT2D eigenvalue weighted by Crippen LogP contribution is -2.35. The number of aliphatic hydroxyl groups is 1. The fourth-order valence-corrected chi connectivity index (χ4v) is 2.48. The standard InChI is InChI=1S/C15H16F2N2O2/c16-13-2-1-10(7-14(13)17)15-8-12(21-18-15)9-19-5-3-11(20)4-6-19/h1-2,7-8,11,20H,3-6,9H2. The first-order chi connectivity index (χ1) is 10.1. The minimum absolute atomic E-state index is 0.214. The Morgan fingerprint density at radius 3 is 2.67 bits per heavy atom. The number of likely N-dealkylation sites (tertiary alicyclic amines) is 1. The molecule has 0 atom stereocenters. The van der Waals surface area contributed by atoms with Crippen LogP contribution in [0.1, 0.15) is 18.6 Å². The first-order valence-electron chi connectivity index (χ1n) is 6.93. The number of halogens is 2. The Morgan fingerprint density at radius 2 is 1.95 bits per heavy atom. The molecular formula is C15H16F2N2O2. The van der Waals surface area contributed by atoms with E-state index in [1.54, 1.807) is 6.07 Å². The van der Waals surface area contributed by atoms with Crippen LogP contribution in [-0.4, -0.2) is 34.4 Å². The predicted octanol–water partition coefficient (Wildman–Crippen LogP) is 2.58. The van der Waals surface area contributed by atoms with E-state index in [1.165, 1.54) is 6.07 Å². The normalized spacial score (nSPS) is 17.3. The van der Waals surface area contributed by atoms with Gasteiger partial charge in [-0.2, -0.15) is 0 Å². The largest absolute Gasteiger partial charge is 0.393 e. The predicted molar refractivity (Wildman–Crippen MR) is 72.4 cm³/mol. The summed E-state index contributed by atoms with van der Waals surface area (Å²) in [7, 11) is 0. The van der Waals surface area contributed by atoms with Crippen molar-refractivity contribution < 1.29 is 18.4 Å². The van der Waals surface area contributed by atoms with Crippen LogP contribution in [0.5, 0.6) is 0 Å². The van der Waals surface area contributed by atoms with Crippen LogP contribution >= 0.6 is 0 Å². The Bertz CT molecular complexity index is 622. The molecule has 1 fully saturated rings. The molecule has 112 valence electrons. The second kappa shape index (κ2) is 5.91. The minimum atomic E-state index is -0.901. The van der Waals surface area contributed by atoms with E-state index in [1.807, 2.05) is 0 Å². The Morgan fingerprint density at radius 1 is 1.19 bits per heavy atom. The van der Waals surface area contributed by atoms with Gasteiger partial charge >= 0.3 is 0 Å². The highest BCUT2D eigenvalue weighted by Gasteiger charge is 2.19. The van der Waals surface area contributed by atoms with E-state index in [0.717, 1.165) is 38.1 Å². The van der Waals surface area contributed by atoms with Crippen LogP contribution in [0.2, 0.25) is 0 Å². The van der Waals surface area contributed by atoms with E-state index >= 15 is 0 Å². The molecule has 1 saturated heterocycles. The number of hydrogen-bond donors (Lipinski definition) is 1. The monoisotopic (exact) mass is 294 g/mol. The van der Waals surface area contributed by atoms with Gasteiger partial charge in [0.25, 0.3) is 0 Å². The van der Waals surface area contributed by atoms with Crippen LogP contribution in [-0.2, 0) is 6.54 Å². The summed E-state index contributed by atoms with van der Waals surface area (Å²) in [5, 5.41) is 13.4. The molecule has 0 spiro atoms. The van der Waals surface area contributed by atoms with Gasteiger partial charge in [0.2, 0.25) is 0 Å². The number of benzene rings is 1. The van der Waals surface area contributed by atoms with Crippen molar-refractivity contribution in [3.05, 3.63) is 41.7 Å². The lowest BCUT2D eigenvalue weighted by Gasteiger charge is -2.28. The van der Waals surface area contributed by atoms with Crippen LogP contribution in [0.25, 0.3) is 11.3 Å².